The van der Waals surface area contributed by atoms with Gasteiger partial charge in [0, 0.05) is 28.7 Å². The second-order valence-electron chi connectivity index (χ2n) is 4.52. The largest absolute Gasteiger partial charge is 0.396 e. The number of aliphatic hydroxyl groups is 1. The fourth-order valence-electron chi connectivity index (χ4n) is 1.83. The molecule has 2 rings (SSSR count). The van der Waals surface area contributed by atoms with Crippen LogP contribution in [0.4, 0.5) is 5.13 Å². The lowest BCUT2D eigenvalue weighted by Gasteiger charge is -1.96. The molecule has 0 saturated heterocycles. The van der Waals surface area contributed by atoms with Gasteiger partial charge in [-0.15, -0.1) is 22.7 Å². The summed E-state index contributed by atoms with van der Waals surface area (Å²) in [5, 5.41) is 14.2. The van der Waals surface area contributed by atoms with E-state index in [-0.39, 0.29) is 12.5 Å². The van der Waals surface area contributed by atoms with Gasteiger partial charge in [0.15, 0.2) is 5.13 Å². The summed E-state index contributed by atoms with van der Waals surface area (Å²) in [6.07, 6.45) is 3.62. The minimum absolute atomic E-state index is 0.0855. The predicted molar refractivity (Wildman–Crippen MR) is 83.6 cm³/mol. The smallest absolute Gasteiger partial charge is 0.223 e. The first-order valence-electron chi connectivity index (χ1n) is 6.58. The van der Waals surface area contributed by atoms with E-state index >= 15 is 0 Å². The summed E-state index contributed by atoms with van der Waals surface area (Å²) in [5.41, 5.74) is 1.02. The van der Waals surface area contributed by atoms with Gasteiger partial charge in [0.1, 0.15) is 0 Å². The van der Waals surface area contributed by atoms with Crippen molar-refractivity contribution < 1.29 is 9.90 Å². The first-order chi connectivity index (χ1) is 9.67. The molecule has 0 bridgehead atoms. The molecule has 20 heavy (non-hydrogen) atoms. The number of hydrogen-bond acceptors (Lipinski definition) is 5. The number of rotatable bonds is 7. The lowest BCUT2D eigenvalue weighted by molar-refractivity contribution is -0.114. The van der Waals surface area contributed by atoms with Crippen molar-refractivity contribution in [2.75, 3.05) is 11.9 Å². The van der Waals surface area contributed by atoms with E-state index in [0.29, 0.717) is 5.13 Å². The molecule has 2 heterocycles. The number of aryl methyl sites for hydroxylation is 3. The van der Waals surface area contributed by atoms with E-state index in [0.717, 1.165) is 31.4 Å². The van der Waals surface area contributed by atoms with Gasteiger partial charge in [0.05, 0.1) is 5.69 Å². The molecule has 2 aromatic heterocycles. The highest BCUT2D eigenvalue weighted by molar-refractivity contribution is 7.14. The van der Waals surface area contributed by atoms with Crippen LogP contribution in [0.2, 0.25) is 0 Å². The topological polar surface area (TPSA) is 62.2 Å². The molecule has 0 unspecified atom stereocenters. The number of nitrogens with one attached hydrogen (secondary N) is 1. The lowest BCUT2D eigenvalue weighted by atomic mass is 10.2. The van der Waals surface area contributed by atoms with Gasteiger partial charge in [-0.2, -0.15) is 0 Å². The molecule has 0 aliphatic carbocycles. The number of amides is 1. The van der Waals surface area contributed by atoms with Gasteiger partial charge >= 0.3 is 0 Å². The molecule has 0 spiro atoms. The molecule has 2 N–H and O–H groups in total. The SMILES string of the molecule is CC(=O)Nc1nc(CCc2ccc(CCCO)s2)cs1. The number of hydrogen-bond donors (Lipinski definition) is 2. The van der Waals surface area contributed by atoms with Gasteiger partial charge in [-0.1, -0.05) is 0 Å². The van der Waals surface area contributed by atoms with Crippen molar-refractivity contribution in [2.45, 2.75) is 32.6 Å². The average molecular weight is 310 g/mol. The summed E-state index contributed by atoms with van der Waals surface area (Å²) < 4.78 is 0. The number of aliphatic hydroxyl groups excluding tert-OH is 1. The molecule has 4 nitrogen and oxygen atoms in total. The van der Waals surface area contributed by atoms with Crippen molar-refractivity contribution in [3.05, 3.63) is 33.0 Å². The summed E-state index contributed by atoms with van der Waals surface area (Å²) in [6.45, 7) is 1.73. The fourth-order valence-corrected chi connectivity index (χ4v) is 3.68. The van der Waals surface area contributed by atoms with Crippen molar-refractivity contribution in [3.8, 4) is 0 Å². The Labute approximate surface area is 126 Å². The Morgan fingerprint density at radius 3 is 2.75 bits per heavy atom. The van der Waals surface area contributed by atoms with Crippen LogP contribution in [-0.4, -0.2) is 22.6 Å². The molecule has 1 amide bonds. The van der Waals surface area contributed by atoms with Crippen LogP contribution >= 0.6 is 22.7 Å². The fraction of sp³-hybridized carbons (Fsp3) is 0.429. The summed E-state index contributed by atoms with van der Waals surface area (Å²) in [7, 11) is 0. The van der Waals surface area contributed by atoms with Crippen molar-refractivity contribution in [1.82, 2.24) is 4.98 Å². The zero-order valence-corrected chi connectivity index (χ0v) is 13.0. The van der Waals surface area contributed by atoms with Crippen LogP contribution in [0.5, 0.6) is 0 Å². The number of thiophene rings is 1. The third-order valence-corrected chi connectivity index (χ3v) is 4.77. The van der Waals surface area contributed by atoms with E-state index in [9.17, 15) is 4.79 Å². The number of anilines is 1. The van der Waals surface area contributed by atoms with Crippen molar-refractivity contribution in [1.29, 1.82) is 0 Å². The molecule has 6 heteroatoms. The van der Waals surface area contributed by atoms with Crippen LogP contribution in [0, 0.1) is 0 Å². The van der Waals surface area contributed by atoms with E-state index in [2.05, 4.69) is 22.4 Å². The Morgan fingerprint density at radius 1 is 1.30 bits per heavy atom. The van der Waals surface area contributed by atoms with Crippen molar-refractivity contribution >= 4 is 33.7 Å². The molecule has 0 radical (unpaired) electrons. The minimum Gasteiger partial charge on any atom is -0.396 e. The zero-order chi connectivity index (χ0) is 14.4. The highest BCUT2D eigenvalue weighted by atomic mass is 32.1. The van der Waals surface area contributed by atoms with Gasteiger partial charge < -0.3 is 10.4 Å². The first-order valence-corrected chi connectivity index (χ1v) is 8.27. The van der Waals surface area contributed by atoms with Crippen LogP contribution in [0.25, 0.3) is 0 Å². The summed E-state index contributed by atoms with van der Waals surface area (Å²) in [4.78, 5) is 18.0. The maximum atomic E-state index is 10.9. The van der Waals surface area contributed by atoms with Gasteiger partial charge in [0.25, 0.3) is 0 Å². The van der Waals surface area contributed by atoms with Gasteiger partial charge in [0.2, 0.25) is 5.91 Å². The minimum atomic E-state index is -0.0855. The Hall–Kier alpha value is -1.24. The average Bonchev–Trinajstić information content (AvgIpc) is 3.02. The summed E-state index contributed by atoms with van der Waals surface area (Å²) in [5.74, 6) is -0.0855. The number of carbonyl (C=O) groups is 1. The molecule has 108 valence electrons. The normalized spacial score (nSPS) is 10.7. The maximum absolute atomic E-state index is 10.9. The maximum Gasteiger partial charge on any atom is 0.223 e. The van der Waals surface area contributed by atoms with Crippen molar-refractivity contribution in [3.63, 3.8) is 0 Å². The van der Waals surface area contributed by atoms with Crippen LogP contribution in [0.3, 0.4) is 0 Å². The molecule has 0 fully saturated rings. The van der Waals surface area contributed by atoms with Gasteiger partial charge in [-0.3, -0.25) is 4.79 Å². The molecule has 0 aromatic carbocycles. The van der Waals surface area contributed by atoms with Crippen molar-refractivity contribution in [2.24, 2.45) is 0 Å². The van der Waals surface area contributed by atoms with Gasteiger partial charge in [-0.05, 0) is 37.8 Å². The van der Waals surface area contributed by atoms with E-state index in [1.165, 1.54) is 28.0 Å². The number of carbonyl (C=O) groups excluding carboxylic acids is 1. The van der Waals surface area contributed by atoms with E-state index in [1.54, 1.807) is 11.3 Å². The van der Waals surface area contributed by atoms with Crippen LogP contribution < -0.4 is 5.32 Å². The van der Waals surface area contributed by atoms with Crippen LogP contribution in [-0.2, 0) is 24.1 Å². The lowest BCUT2D eigenvalue weighted by Crippen LogP contribution is -2.05. The van der Waals surface area contributed by atoms with Gasteiger partial charge in [-0.25, -0.2) is 4.98 Å². The molecule has 2 aromatic rings. The highest BCUT2D eigenvalue weighted by Gasteiger charge is 2.05. The molecular weight excluding hydrogens is 292 g/mol. The third-order valence-electron chi connectivity index (χ3n) is 2.76. The molecule has 0 saturated carbocycles. The number of aromatic nitrogens is 1. The molecule has 0 aliphatic rings. The predicted octanol–water partition coefficient (Wildman–Crippen LogP) is 2.87. The number of thiazole rings is 1. The van der Waals surface area contributed by atoms with E-state index < -0.39 is 0 Å². The quantitative estimate of drug-likeness (QED) is 0.826. The van der Waals surface area contributed by atoms with Crippen LogP contribution in [0.1, 0.15) is 28.8 Å². The standard InChI is InChI=1S/C14H18N2O2S2/c1-10(18)15-14-16-11(9-19-14)4-5-13-7-6-12(20-13)3-2-8-17/h6-7,9,17H,2-5,8H2,1H3,(H,15,16,18). The summed E-state index contributed by atoms with van der Waals surface area (Å²) >= 11 is 3.27. The zero-order valence-electron chi connectivity index (χ0n) is 11.4. The second kappa shape index (κ2) is 7.52. The third kappa shape index (κ3) is 4.70. The molecular formula is C14H18N2O2S2. The van der Waals surface area contributed by atoms with E-state index in [4.69, 9.17) is 5.11 Å². The Balaban J connectivity index is 1.83. The Bertz CT molecular complexity index is 563. The Morgan fingerprint density at radius 2 is 2.05 bits per heavy atom. The summed E-state index contributed by atoms with van der Waals surface area (Å²) in [6, 6.07) is 4.29. The monoisotopic (exact) mass is 310 g/mol. The Kier molecular flexibility index (Phi) is 5.70. The second-order valence-corrected chi connectivity index (χ2v) is 6.63. The number of nitrogens with zero attached hydrogens (tertiary/aromatic N) is 1. The van der Waals surface area contributed by atoms with Crippen LogP contribution in [0.15, 0.2) is 17.5 Å². The molecule has 0 atom stereocenters. The van der Waals surface area contributed by atoms with E-state index in [1.807, 2.05) is 5.38 Å². The highest BCUT2D eigenvalue weighted by Crippen LogP contribution is 2.21. The first kappa shape index (κ1) is 15.2. The molecule has 0 aliphatic heterocycles.